The topological polar surface area (TPSA) is 81.1 Å². The van der Waals surface area contributed by atoms with Gasteiger partial charge in [0.15, 0.2) is 5.69 Å². The highest BCUT2D eigenvalue weighted by Crippen LogP contribution is 2.15. The van der Waals surface area contributed by atoms with E-state index in [1.165, 1.54) is 23.7 Å². The van der Waals surface area contributed by atoms with Crippen LogP contribution in [0.1, 0.15) is 20.2 Å². The van der Waals surface area contributed by atoms with E-state index in [9.17, 15) is 4.79 Å². The summed E-state index contributed by atoms with van der Waals surface area (Å²) in [4.78, 5) is 13.5. The number of aromatic nitrogens is 1. The molecule has 0 saturated heterocycles. The quantitative estimate of drug-likeness (QED) is 0.807. The molecule has 0 aliphatic heterocycles. The van der Waals surface area contributed by atoms with Gasteiger partial charge in [-0.2, -0.15) is 0 Å². The van der Waals surface area contributed by atoms with Crippen LogP contribution in [0.25, 0.3) is 0 Å². The van der Waals surface area contributed by atoms with Crippen molar-refractivity contribution in [2.24, 2.45) is 5.73 Å². The second-order valence-corrected chi connectivity index (χ2v) is 4.51. The van der Waals surface area contributed by atoms with E-state index in [0.29, 0.717) is 13.1 Å². The lowest BCUT2D eigenvalue weighted by Gasteiger charge is -1.99. The number of rotatable bonds is 3. The Hall–Kier alpha value is -2.10. The normalized spacial score (nSPS) is 9.61. The van der Waals surface area contributed by atoms with E-state index in [4.69, 9.17) is 5.73 Å². The predicted octanol–water partition coefficient (Wildman–Crippen LogP) is 0.976. The fraction of sp³-hybridized carbons (Fsp3) is 0.167. The summed E-state index contributed by atoms with van der Waals surface area (Å²) in [6.07, 6.45) is 1.36. The molecule has 0 bridgehead atoms. The average molecular weight is 261 g/mol. The first-order chi connectivity index (χ1) is 8.79. The van der Waals surface area contributed by atoms with Crippen LogP contribution in [0.15, 0.2) is 29.0 Å². The number of hydrogen-bond donors (Lipinski definition) is 2. The Labute approximate surface area is 108 Å². The fourth-order valence-electron chi connectivity index (χ4n) is 1.27. The summed E-state index contributed by atoms with van der Waals surface area (Å²) >= 11 is 1.52. The lowest BCUT2D eigenvalue weighted by atomic mass is 10.4. The molecule has 0 radical (unpaired) electrons. The molecule has 0 atom stereocenters. The molecule has 0 saturated carbocycles. The van der Waals surface area contributed by atoms with Gasteiger partial charge < -0.3 is 15.6 Å². The smallest absolute Gasteiger partial charge is 0.273 e. The highest BCUT2D eigenvalue weighted by molar-refractivity contribution is 7.12. The van der Waals surface area contributed by atoms with Crippen LogP contribution in [0, 0.1) is 11.8 Å². The highest BCUT2D eigenvalue weighted by atomic mass is 32.1. The number of carbonyl (C=O) groups excluding carboxylic acids is 1. The fourth-order valence-corrected chi connectivity index (χ4v) is 2.09. The Balaban J connectivity index is 1.90. The highest BCUT2D eigenvalue weighted by Gasteiger charge is 2.08. The maximum atomic E-state index is 11.6. The summed E-state index contributed by atoms with van der Waals surface area (Å²) in [5.74, 6) is 5.47. The number of hydrogen-bond acceptors (Lipinski definition) is 5. The lowest BCUT2D eigenvalue weighted by Crippen LogP contribution is -2.22. The first-order valence-corrected chi connectivity index (χ1v) is 6.07. The van der Waals surface area contributed by atoms with Crippen molar-refractivity contribution in [3.63, 3.8) is 0 Å². The third-order valence-electron chi connectivity index (χ3n) is 2.07. The zero-order valence-corrected chi connectivity index (χ0v) is 10.3. The molecule has 2 heterocycles. The molecule has 92 valence electrons. The SMILES string of the molecule is NCC#Cc1ccc(CNC(=O)c2ccon2)s1. The van der Waals surface area contributed by atoms with Crippen molar-refractivity contribution < 1.29 is 9.32 Å². The van der Waals surface area contributed by atoms with Crippen LogP contribution in [0.4, 0.5) is 0 Å². The number of thiophene rings is 1. The molecule has 0 fully saturated rings. The third kappa shape index (κ3) is 3.20. The maximum absolute atomic E-state index is 11.6. The summed E-state index contributed by atoms with van der Waals surface area (Å²) in [6.45, 7) is 0.788. The molecule has 18 heavy (non-hydrogen) atoms. The van der Waals surface area contributed by atoms with Crippen LogP contribution in [0.3, 0.4) is 0 Å². The maximum Gasteiger partial charge on any atom is 0.273 e. The van der Waals surface area contributed by atoms with Crippen molar-refractivity contribution in [1.29, 1.82) is 0 Å². The van der Waals surface area contributed by atoms with Gasteiger partial charge in [-0.3, -0.25) is 4.79 Å². The molecule has 0 unspecified atom stereocenters. The summed E-state index contributed by atoms with van der Waals surface area (Å²) in [5.41, 5.74) is 5.57. The molecule has 5 nitrogen and oxygen atoms in total. The number of nitrogens with zero attached hydrogens (tertiary/aromatic N) is 1. The van der Waals surface area contributed by atoms with E-state index in [1.807, 2.05) is 12.1 Å². The number of amides is 1. The van der Waals surface area contributed by atoms with Crippen molar-refractivity contribution in [3.05, 3.63) is 39.9 Å². The van der Waals surface area contributed by atoms with Crippen molar-refractivity contribution in [2.75, 3.05) is 6.54 Å². The minimum atomic E-state index is -0.258. The van der Waals surface area contributed by atoms with E-state index >= 15 is 0 Å². The predicted molar refractivity (Wildman–Crippen MR) is 67.9 cm³/mol. The summed E-state index contributed by atoms with van der Waals surface area (Å²) in [7, 11) is 0. The van der Waals surface area contributed by atoms with Gasteiger partial charge in [-0.15, -0.1) is 11.3 Å². The average Bonchev–Trinajstić information content (AvgIpc) is 3.04. The van der Waals surface area contributed by atoms with Crippen LogP contribution < -0.4 is 11.1 Å². The number of nitrogens with two attached hydrogens (primary N) is 1. The Morgan fingerprint density at radius 3 is 3.11 bits per heavy atom. The van der Waals surface area contributed by atoms with Crippen LogP contribution in [-0.4, -0.2) is 17.6 Å². The van der Waals surface area contributed by atoms with Crippen molar-refractivity contribution in [2.45, 2.75) is 6.54 Å². The standard InChI is InChI=1S/C12H11N3O2S/c13-6-1-2-9-3-4-10(18-9)8-14-12(16)11-5-7-17-15-11/h3-5,7H,6,8,13H2,(H,14,16). The zero-order valence-electron chi connectivity index (χ0n) is 9.47. The molecular weight excluding hydrogens is 250 g/mol. The monoisotopic (exact) mass is 261 g/mol. The van der Waals surface area contributed by atoms with E-state index in [-0.39, 0.29) is 11.6 Å². The molecule has 0 aliphatic carbocycles. The van der Waals surface area contributed by atoms with Gasteiger partial charge in [0, 0.05) is 10.9 Å². The Kier molecular flexibility index (Phi) is 4.12. The van der Waals surface area contributed by atoms with E-state index < -0.39 is 0 Å². The minimum absolute atomic E-state index is 0.258. The summed E-state index contributed by atoms with van der Waals surface area (Å²) in [6, 6.07) is 5.35. The Bertz CT molecular complexity index is 578. The summed E-state index contributed by atoms with van der Waals surface area (Å²) in [5, 5.41) is 6.30. The minimum Gasteiger partial charge on any atom is -0.364 e. The molecule has 0 aliphatic rings. The van der Waals surface area contributed by atoms with E-state index in [1.54, 1.807) is 0 Å². The molecule has 6 heteroatoms. The molecule has 0 aromatic carbocycles. The van der Waals surface area contributed by atoms with E-state index in [2.05, 4.69) is 26.8 Å². The Morgan fingerprint density at radius 2 is 2.39 bits per heavy atom. The van der Waals surface area contributed by atoms with Gasteiger partial charge in [0.05, 0.1) is 18.0 Å². The van der Waals surface area contributed by atoms with E-state index in [0.717, 1.165) is 9.75 Å². The number of nitrogens with one attached hydrogen (secondary N) is 1. The van der Waals surface area contributed by atoms with Gasteiger partial charge in [0.25, 0.3) is 5.91 Å². The second kappa shape index (κ2) is 6.00. The third-order valence-corrected chi connectivity index (χ3v) is 3.07. The van der Waals surface area contributed by atoms with Gasteiger partial charge in [-0.1, -0.05) is 17.0 Å². The van der Waals surface area contributed by atoms with Crippen molar-refractivity contribution in [1.82, 2.24) is 10.5 Å². The van der Waals surface area contributed by atoms with Gasteiger partial charge in [0.1, 0.15) is 6.26 Å². The molecule has 3 N–H and O–H groups in total. The molecular formula is C12H11N3O2S. The Morgan fingerprint density at radius 1 is 1.50 bits per heavy atom. The molecule has 1 amide bonds. The van der Waals surface area contributed by atoms with Gasteiger partial charge in [0.2, 0.25) is 0 Å². The molecule has 2 rings (SSSR count). The van der Waals surface area contributed by atoms with Crippen LogP contribution in [0.2, 0.25) is 0 Å². The molecule has 2 aromatic heterocycles. The number of carbonyl (C=O) groups is 1. The van der Waals surface area contributed by atoms with Crippen molar-refractivity contribution >= 4 is 17.2 Å². The lowest BCUT2D eigenvalue weighted by molar-refractivity contribution is 0.0942. The first-order valence-electron chi connectivity index (χ1n) is 5.26. The van der Waals surface area contributed by atoms with Crippen LogP contribution in [0.5, 0.6) is 0 Å². The summed E-state index contributed by atoms with van der Waals surface area (Å²) < 4.78 is 4.60. The first kappa shape index (κ1) is 12.4. The van der Waals surface area contributed by atoms with Crippen LogP contribution >= 0.6 is 11.3 Å². The molecule has 0 spiro atoms. The van der Waals surface area contributed by atoms with Crippen LogP contribution in [-0.2, 0) is 6.54 Å². The molecule has 2 aromatic rings. The largest absolute Gasteiger partial charge is 0.364 e. The second-order valence-electron chi connectivity index (χ2n) is 3.34. The van der Waals surface area contributed by atoms with Gasteiger partial charge in [-0.25, -0.2) is 0 Å². The zero-order chi connectivity index (χ0) is 12.8. The van der Waals surface area contributed by atoms with Gasteiger partial charge >= 0.3 is 0 Å². The van der Waals surface area contributed by atoms with Crippen molar-refractivity contribution in [3.8, 4) is 11.8 Å². The van der Waals surface area contributed by atoms with Gasteiger partial charge in [-0.05, 0) is 12.1 Å².